The molecule has 1 N–H and O–H groups in total. The molecule has 0 bridgehead atoms. The van der Waals surface area contributed by atoms with E-state index in [2.05, 4.69) is 6.92 Å². The number of carboxylic acids is 1. The molecule has 18 heavy (non-hydrogen) atoms. The summed E-state index contributed by atoms with van der Waals surface area (Å²) in [4.78, 5) is 26.5. The predicted molar refractivity (Wildman–Crippen MR) is 69.4 cm³/mol. The first kappa shape index (κ1) is 14.8. The zero-order valence-corrected chi connectivity index (χ0v) is 11.6. The summed E-state index contributed by atoms with van der Waals surface area (Å²) in [6, 6.07) is 0.0554. The second-order valence-electron chi connectivity index (χ2n) is 5.01. The van der Waals surface area contributed by atoms with Gasteiger partial charge in [0.2, 0.25) is 0 Å². The summed E-state index contributed by atoms with van der Waals surface area (Å²) in [5.41, 5.74) is 0. The highest BCUT2D eigenvalue weighted by Gasteiger charge is 2.38. The van der Waals surface area contributed by atoms with E-state index in [9.17, 15) is 9.59 Å². The van der Waals surface area contributed by atoms with Gasteiger partial charge in [0.05, 0.1) is 5.92 Å². The normalized spacial score (nSPS) is 17.2. The lowest BCUT2D eigenvalue weighted by Gasteiger charge is -2.43. The molecule has 5 nitrogen and oxygen atoms in total. The molecule has 1 fully saturated rings. The second kappa shape index (κ2) is 6.61. The Hall–Kier alpha value is -1.26. The maximum atomic E-state index is 12.1. The van der Waals surface area contributed by atoms with Crippen LogP contribution in [0.2, 0.25) is 0 Å². The van der Waals surface area contributed by atoms with Crippen LogP contribution in [0.5, 0.6) is 0 Å². The number of carboxylic acid groups (broad SMARTS) is 1. The molecule has 1 saturated heterocycles. The SMILES string of the molecule is CCCCN(CC)C(=O)N1CC(C(C)C(=O)O)C1. The summed E-state index contributed by atoms with van der Waals surface area (Å²) in [6.07, 6.45) is 2.09. The molecule has 0 aromatic heterocycles. The Balaban J connectivity index is 2.39. The minimum Gasteiger partial charge on any atom is -0.481 e. The van der Waals surface area contributed by atoms with E-state index in [0.717, 1.165) is 19.4 Å². The molecule has 104 valence electrons. The molecule has 2 amide bonds. The first-order valence-electron chi connectivity index (χ1n) is 6.77. The van der Waals surface area contributed by atoms with Gasteiger partial charge in [-0.15, -0.1) is 0 Å². The lowest BCUT2D eigenvalue weighted by atomic mass is 9.87. The van der Waals surface area contributed by atoms with Gasteiger partial charge in [0, 0.05) is 32.1 Å². The lowest BCUT2D eigenvalue weighted by molar-refractivity contribution is -0.144. The number of likely N-dealkylation sites (tertiary alicyclic amines) is 1. The molecule has 5 heteroatoms. The van der Waals surface area contributed by atoms with Gasteiger partial charge in [-0.1, -0.05) is 20.3 Å². The van der Waals surface area contributed by atoms with E-state index in [1.165, 1.54) is 0 Å². The molecule has 0 radical (unpaired) electrons. The van der Waals surface area contributed by atoms with Gasteiger partial charge in [0.15, 0.2) is 0 Å². The van der Waals surface area contributed by atoms with Gasteiger partial charge in [-0.3, -0.25) is 4.79 Å². The molecule has 0 aromatic rings. The number of hydrogen-bond acceptors (Lipinski definition) is 2. The summed E-state index contributed by atoms with van der Waals surface area (Å²) >= 11 is 0. The number of rotatable bonds is 6. The van der Waals surface area contributed by atoms with E-state index in [1.807, 2.05) is 11.8 Å². The first-order chi connectivity index (χ1) is 8.51. The summed E-state index contributed by atoms with van der Waals surface area (Å²) in [6.45, 7) is 8.46. The minimum absolute atomic E-state index is 0.0554. The molecule has 0 aromatic carbocycles. The standard InChI is InChI=1S/C13H24N2O3/c1-4-6-7-14(5-2)13(18)15-8-11(9-15)10(3)12(16)17/h10-11H,4-9H2,1-3H3,(H,16,17). The Labute approximate surface area is 109 Å². The van der Waals surface area contributed by atoms with Gasteiger partial charge >= 0.3 is 12.0 Å². The zero-order chi connectivity index (χ0) is 13.7. The third kappa shape index (κ3) is 3.37. The Morgan fingerprint density at radius 3 is 2.44 bits per heavy atom. The fourth-order valence-corrected chi connectivity index (χ4v) is 2.12. The number of nitrogens with zero attached hydrogens (tertiary/aromatic N) is 2. The summed E-state index contributed by atoms with van der Waals surface area (Å²) < 4.78 is 0. The van der Waals surface area contributed by atoms with Crippen molar-refractivity contribution in [2.45, 2.75) is 33.6 Å². The van der Waals surface area contributed by atoms with Crippen molar-refractivity contribution in [3.63, 3.8) is 0 Å². The van der Waals surface area contributed by atoms with Crippen LogP contribution in [0.15, 0.2) is 0 Å². The highest BCUT2D eigenvalue weighted by Crippen LogP contribution is 2.25. The number of unbranched alkanes of at least 4 members (excludes halogenated alkanes) is 1. The largest absolute Gasteiger partial charge is 0.481 e. The number of hydrogen-bond donors (Lipinski definition) is 1. The van der Waals surface area contributed by atoms with Crippen LogP contribution in [-0.2, 0) is 4.79 Å². The zero-order valence-electron chi connectivity index (χ0n) is 11.6. The fraction of sp³-hybridized carbons (Fsp3) is 0.846. The Bertz CT molecular complexity index is 301. The summed E-state index contributed by atoms with van der Waals surface area (Å²) in [7, 11) is 0. The molecule has 0 aliphatic carbocycles. The van der Waals surface area contributed by atoms with Crippen molar-refractivity contribution in [3.8, 4) is 0 Å². The van der Waals surface area contributed by atoms with Gasteiger partial charge in [-0.05, 0) is 13.3 Å². The average molecular weight is 256 g/mol. The molecular formula is C13H24N2O3. The van der Waals surface area contributed by atoms with E-state index >= 15 is 0 Å². The van der Waals surface area contributed by atoms with Gasteiger partial charge in [0.25, 0.3) is 0 Å². The number of carbonyl (C=O) groups excluding carboxylic acids is 1. The number of amides is 2. The van der Waals surface area contributed by atoms with Crippen LogP contribution in [0.25, 0.3) is 0 Å². The summed E-state index contributed by atoms with van der Waals surface area (Å²) in [5.74, 6) is -1.03. The number of aliphatic carboxylic acids is 1. The Morgan fingerprint density at radius 1 is 1.39 bits per heavy atom. The van der Waals surface area contributed by atoms with Gasteiger partial charge < -0.3 is 14.9 Å². The molecule has 1 atom stereocenters. The number of carbonyl (C=O) groups is 2. The van der Waals surface area contributed by atoms with E-state index < -0.39 is 5.97 Å². The third-order valence-electron chi connectivity index (χ3n) is 3.71. The van der Waals surface area contributed by atoms with Crippen molar-refractivity contribution in [2.24, 2.45) is 11.8 Å². The average Bonchev–Trinajstić information content (AvgIpc) is 2.27. The van der Waals surface area contributed by atoms with Crippen LogP contribution in [0.3, 0.4) is 0 Å². The maximum Gasteiger partial charge on any atom is 0.320 e. The predicted octanol–water partition coefficient (Wildman–Crippen LogP) is 1.88. The molecule has 1 unspecified atom stereocenters. The molecule has 1 rings (SSSR count). The Kier molecular flexibility index (Phi) is 5.44. The third-order valence-corrected chi connectivity index (χ3v) is 3.71. The van der Waals surface area contributed by atoms with E-state index in [-0.39, 0.29) is 17.9 Å². The highest BCUT2D eigenvalue weighted by molar-refractivity contribution is 5.76. The van der Waals surface area contributed by atoms with Crippen molar-refractivity contribution in [1.82, 2.24) is 9.80 Å². The molecule has 1 aliphatic heterocycles. The van der Waals surface area contributed by atoms with Crippen molar-refractivity contribution >= 4 is 12.0 Å². The topological polar surface area (TPSA) is 60.9 Å². The summed E-state index contributed by atoms with van der Waals surface area (Å²) in [5, 5.41) is 8.90. The smallest absolute Gasteiger partial charge is 0.320 e. The molecule has 1 aliphatic rings. The van der Waals surface area contributed by atoms with Gasteiger partial charge in [0.1, 0.15) is 0 Å². The number of urea groups is 1. The second-order valence-corrected chi connectivity index (χ2v) is 5.01. The van der Waals surface area contributed by atoms with Crippen LogP contribution < -0.4 is 0 Å². The molecule has 0 saturated carbocycles. The van der Waals surface area contributed by atoms with Crippen LogP contribution in [0.1, 0.15) is 33.6 Å². The van der Waals surface area contributed by atoms with Crippen molar-refractivity contribution < 1.29 is 14.7 Å². The van der Waals surface area contributed by atoms with Crippen LogP contribution in [0.4, 0.5) is 4.79 Å². The van der Waals surface area contributed by atoms with E-state index in [4.69, 9.17) is 5.11 Å². The van der Waals surface area contributed by atoms with Gasteiger partial charge in [-0.25, -0.2) is 4.79 Å². The van der Waals surface area contributed by atoms with Crippen LogP contribution >= 0.6 is 0 Å². The van der Waals surface area contributed by atoms with Crippen molar-refractivity contribution in [1.29, 1.82) is 0 Å². The van der Waals surface area contributed by atoms with Gasteiger partial charge in [-0.2, -0.15) is 0 Å². The molecular weight excluding hydrogens is 232 g/mol. The fourth-order valence-electron chi connectivity index (χ4n) is 2.12. The highest BCUT2D eigenvalue weighted by atomic mass is 16.4. The monoisotopic (exact) mass is 256 g/mol. The van der Waals surface area contributed by atoms with Crippen molar-refractivity contribution in [2.75, 3.05) is 26.2 Å². The lowest BCUT2D eigenvalue weighted by Crippen LogP contribution is -2.57. The Morgan fingerprint density at radius 2 is 2.00 bits per heavy atom. The van der Waals surface area contributed by atoms with E-state index in [0.29, 0.717) is 19.6 Å². The minimum atomic E-state index is -0.773. The first-order valence-corrected chi connectivity index (χ1v) is 6.77. The quantitative estimate of drug-likeness (QED) is 0.789. The van der Waals surface area contributed by atoms with Crippen molar-refractivity contribution in [3.05, 3.63) is 0 Å². The molecule has 0 spiro atoms. The maximum absolute atomic E-state index is 12.1. The molecule has 1 heterocycles. The van der Waals surface area contributed by atoms with Crippen LogP contribution in [0, 0.1) is 11.8 Å². The van der Waals surface area contributed by atoms with E-state index in [1.54, 1.807) is 11.8 Å². The van der Waals surface area contributed by atoms with Crippen LogP contribution in [-0.4, -0.2) is 53.1 Å².